The zero-order valence-electron chi connectivity index (χ0n) is 9.49. The van der Waals surface area contributed by atoms with E-state index in [0.29, 0.717) is 6.42 Å². The number of hydrogen-bond acceptors (Lipinski definition) is 3. The molecule has 0 spiro atoms. The largest absolute Gasteiger partial charge is 0.325 e. The van der Waals surface area contributed by atoms with Crippen LogP contribution >= 0.6 is 7.60 Å². The number of hydrogen-bond donors (Lipinski definition) is 4. The third-order valence-corrected chi connectivity index (χ3v) is 3.42. The van der Waals surface area contributed by atoms with Crippen LogP contribution in [0, 0.1) is 0 Å². The summed E-state index contributed by atoms with van der Waals surface area (Å²) < 4.78 is 10.7. The highest BCUT2D eigenvalue weighted by molar-refractivity contribution is 7.51. The zero-order chi connectivity index (χ0) is 12.7. The van der Waals surface area contributed by atoms with Crippen LogP contribution in [0.3, 0.4) is 0 Å². The van der Waals surface area contributed by atoms with Gasteiger partial charge in [0.05, 0.1) is 6.16 Å². The van der Waals surface area contributed by atoms with Gasteiger partial charge < -0.3 is 15.0 Å². The minimum absolute atomic E-state index is 0.208. The van der Waals surface area contributed by atoms with Crippen LogP contribution in [0.4, 0.5) is 0 Å². The van der Waals surface area contributed by atoms with Gasteiger partial charge in [-0.2, -0.15) is 0 Å². The fourth-order valence-electron chi connectivity index (χ4n) is 1.58. The van der Waals surface area contributed by atoms with Crippen molar-refractivity contribution in [2.75, 3.05) is 6.16 Å². The van der Waals surface area contributed by atoms with Crippen LogP contribution in [0.25, 0.3) is 0 Å². The van der Waals surface area contributed by atoms with Gasteiger partial charge in [0.25, 0.3) is 0 Å². The summed E-state index contributed by atoms with van der Waals surface area (Å²) in [5, 5.41) is 8.90. The van der Waals surface area contributed by atoms with Crippen LogP contribution in [0.5, 0.6) is 0 Å². The Bertz CT molecular complexity index is 365. The van der Waals surface area contributed by atoms with E-state index in [1.807, 2.05) is 30.3 Å². The van der Waals surface area contributed by atoms with Crippen LogP contribution in [-0.4, -0.2) is 27.2 Å². The highest BCUT2D eigenvalue weighted by atomic mass is 31.2. The second-order valence-corrected chi connectivity index (χ2v) is 5.80. The number of nitrogens with one attached hydrogen (secondary N) is 1. The first-order chi connectivity index (χ1) is 8.01. The molecule has 1 unspecified atom stereocenters. The molecule has 0 aliphatic heterocycles. The van der Waals surface area contributed by atoms with Gasteiger partial charge in [-0.05, 0) is 24.8 Å². The van der Waals surface area contributed by atoms with Gasteiger partial charge in [-0.15, -0.1) is 0 Å². The molecule has 6 heteroatoms. The van der Waals surface area contributed by atoms with Crippen molar-refractivity contribution in [1.29, 1.82) is 0 Å². The molecule has 0 aliphatic rings. The first-order valence-corrected chi connectivity index (χ1v) is 7.29. The second-order valence-electron chi connectivity index (χ2n) is 4.03. The van der Waals surface area contributed by atoms with Gasteiger partial charge >= 0.3 is 7.60 Å². The average molecular weight is 259 g/mol. The van der Waals surface area contributed by atoms with Gasteiger partial charge in [-0.25, -0.2) is 5.48 Å². The van der Waals surface area contributed by atoms with Crippen LogP contribution in [-0.2, 0) is 11.0 Å². The molecule has 0 bridgehead atoms. The Morgan fingerprint density at radius 3 is 2.35 bits per heavy atom. The minimum Gasteiger partial charge on any atom is -0.324 e. The van der Waals surface area contributed by atoms with E-state index >= 15 is 0 Å². The molecule has 0 amide bonds. The molecule has 0 aromatic heterocycles. The lowest BCUT2D eigenvalue weighted by Crippen LogP contribution is -2.27. The molecule has 1 aromatic rings. The summed E-state index contributed by atoms with van der Waals surface area (Å²) in [5.41, 5.74) is 3.24. The summed E-state index contributed by atoms with van der Waals surface area (Å²) in [6, 6.07) is 9.48. The number of rotatable bonds is 7. The van der Waals surface area contributed by atoms with E-state index in [-0.39, 0.29) is 18.6 Å². The lowest BCUT2D eigenvalue weighted by Gasteiger charge is -2.15. The Morgan fingerprint density at radius 2 is 1.82 bits per heavy atom. The predicted octanol–water partition coefficient (Wildman–Crippen LogP) is 1.53. The van der Waals surface area contributed by atoms with E-state index in [9.17, 15) is 4.57 Å². The summed E-state index contributed by atoms with van der Waals surface area (Å²) in [5.74, 6) is 0. The Labute approximate surface area is 101 Å². The van der Waals surface area contributed by atoms with Crippen molar-refractivity contribution < 1.29 is 19.6 Å². The lowest BCUT2D eigenvalue weighted by molar-refractivity contribution is 0.119. The summed E-state index contributed by atoms with van der Waals surface area (Å²) in [7, 11) is -3.98. The SMILES string of the molecule is O=P(O)(O)CCC(CCc1ccccc1)NO. The third kappa shape index (κ3) is 6.56. The van der Waals surface area contributed by atoms with E-state index in [4.69, 9.17) is 15.0 Å². The van der Waals surface area contributed by atoms with Gasteiger partial charge in [0, 0.05) is 6.04 Å². The highest BCUT2D eigenvalue weighted by Crippen LogP contribution is 2.35. The van der Waals surface area contributed by atoms with Crippen molar-refractivity contribution >= 4 is 7.60 Å². The molecule has 0 radical (unpaired) electrons. The Hall–Kier alpha value is -0.710. The predicted molar refractivity (Wildman–Crippen MR) is 65.0 cm³/mol. The van der Waals surface area contributed by atoms with Crippen molar-refractivity contribution in [3.63, 3.8) is 0 Å². The van der Waals surface area contributed by atoms with Gasteiger partial charge in [-0.1, -0.05) is 30.3 Å². The first-order valence-electron chi connectivity index (χ1n) is 5.49. The van der Waals surface area contributed by atoms with Crippen LogP contribution in [0.2, 0.25) is 0 Å². The van der Waals surface area contributed by atoms with Crippen molar-refractivity contribution in [2.24, 2.45) is 0 Å². The van der Waals surface area contributed by atoms with Crippen LogP contribution in [0.1, 0.15) is 18.4 Å². The third-order valence-electron chi connectivity index (χ3n) is 2.58. The van der Waals surface area contributed by atoms with Crippen LogP contribution in [0.15, 0.2) is 30.3 Å². The zero-order valence-corrected chi connectivity index (χ0v) is 10.4. The Morgan fingerprint density at radius 1 is 1.18 bits per heavy atom. The van der Waals surface area contributed by atoms with Gasteiger partial charge in [-0.3, -0.25) is 4.57 Å². The standard InChI is InChI=1S/C11H18NO4P/c13-12-11(8-9-17(14,15)16)7-6-10-4-2-1-3-5-10/h1-5,11-13H,6-9H2,(H2,14,15,16). The van der Waals surface area contributed by atoms with Gasteiger partial charge in [0.1, 0.15) is 0 Å². The summed E-state index contributed by atoms with van der Waals surface area (Å²) in [4.78, 5) is 17.5. The molecular formula is C11H18NO4P. The van der Waals surface area contributed by atoms with Crippen molar-refractivity contribution in [2.45, 2.75) is 25.3 Å². The molecule has 0 saturated heterocycles. The van der Waals surface area contributed by atoms with E-state index in [0.717, 1.165) is 12.0 Å². The smallest absolute Gasteiger partial charge is 0.324 e. The summed E-state index contributed by atoms with van der Waals surface area (Å²) in [6.45, 7) is 0. The van der Waals surface area contributed by atoms with Gasteiger partial charge in [0.2, 0.25) is 0 Å². The van der Waals surface area contributed by atoms with Crippen molar-refractivity contribution in [1.82, 2.24) is 5.48 Å². The molecule has 96 valence electrons. The van der Waals surface area contributed by atoms with Crippen LogP contribution < -0.4 is 5.48 Å². The number of hydroxylamine groups is 1. The fourth-order valence-corrected chi connectivity index (χ4v) is 2.23. The van der Waals surface area contributed by atoms with E-state index in [1.165, 1.54) is 0 Å². The summed E-state index contributed by atoms with van der Waals surface area (Å²) in [6.07, 6.45) is 1.45. The first kappa shape index (κ1) is 14.4. The molecule has 1 rings (SSSR count). The van der Waals surface area contributed by atoms with E-state index in [2.05, 4.69) is 5.48 Å². The molecule has 1 atom stereocenters. The van der Waals surface area contributed by atoms with E-state index < -0.39 is 7.60 Å². The molecule has 1 aromatic carbocycles. The molecule has 17 heavy (non-hydrogen) atoms. The maximum atomic E-state index is 10.7. The molecule has 5 nitrogen and oxygen atoms in total. The summed E-state index contributed by atoms with van der Waals surface area (Å²) >= 11 is 0. The monoisotopic (exact) mass is 259 g/mol. The average Bonchev–Trinajstić information content (AvgIpc) is 2.29. The van der Waals surface area contributed by atoms with Gasteiger partial charge in [0.15, 0.2) is 0 Å². The Kier molecular flexibility index (Phi) is 5.82. The fraction of sp³-hybridized carbons (Fsp3) is 0.455. The molecule has 0 heterocycles. The molecule has 0 saturated carbocycles. The lowest BCUT2D eigenvalue weighted by atomic mass is 10.0. The number of benzene rings is 1. The highest BCUT2D eigenvalue weighted by Gasteiger charge is 2.16. The Balaban J connectivity index is 2.35. The maximum absolute atomic E-state index is 10.7. The molecule has 4 N–H and O–H groups in total. The quantitative estimate of drug-likeness (QED) is 0.440. The molecule has 0 aliphatic carbocycles. The molecule has 0 fully saturated rings. The van der Waals surface area contributed by atoms with Crippen molar-refractivity contribution in [3.8, 4) is 0 Å². The minimum atomic E-state index is -3.98. The van der Waals surface area contributed by atoms with Crippen molar-refractivity contribution in [3.05, 3.63) is 35.9 Å². The molecular weight excluding hydrogens is 241 g/mol. The normalized spacial score (nSPS) is 13.6. The maximum Gasteiger partial charge on any atom is 0.325 e. The van der Waals surface area contributed by atoms with E-state index in [1.54, 1.807) is 0 Å². The second kappa shape index (κ2) is 6.89. The number of aryl methyl sites for hydroxylation is 1. The topological polar surface area (TPSA) is 89.8 Å².